The van der Waals surface area contributed by atoms with Crippen LogP contribution in [0.1, 0.15) is 80.2 Å². The molecule has 3 N–H and O–H groups in total. The number of carbonyl (C=O) groups is 4. The lowest BCUT2D eigenvalue weighted by Gasteiger charge is -2.33. The molecule has 1 aromatic carbocycles. The van der Waals surface area contributed by atoms with Gasteiger partial charge < -0.3 is 44.2 Å². The lowest BCUT2D eigenvalue weighted by Crippen LogP contribution is -2.47. The number of hydrogen-bond acceptors (Lipinski definition) is 11. The molecule has 14 heteroatoms. The first-order valence-corrected chi connectivity index (χ1v) is 18.2. The summed E-state index contributed by atoms with van der Waals surface area (Å²) in [4.78, 5) is 52.3. The number of benzene rings is 1. The molecular weight excluding hydrogens is 674 g/mol. The van der Waals surface area contributed by atoms with Crippen LogP contribution in [0.25, 0.3) is 0 Å². The molecule has 0 saturated carbocycles. The second kappa shape index (κ2) is 21.7. The first kappa shape index (κ1) is 44.4. The molecule has 0 radical (unpaired) electrons. The summed E-state index contributed by atoms with van der Waals surface area (Å²) in [6, 6.07) is 5.42. The van der Waals surface area contributed by atoms with Gasteiger partial charge in [-0.05, 0) is 74.5 Å². The summed E-state index contributed by atoms with van der Waals surface area (Å²) < 4.78 is 38.3. The van der Waals surface area contributed by atoms with Gasteiger partial charge in [0.1, 0.15) is 6.73 Å². The van der Waals surface area contributed by atoms with Crippen LogP contribution in [0.5, 0.6) is 11.5 Å². The lowest BCUT2D eigenvalue weighted by molar-refractivity contribution is -0.130. The quantitative estimate of drug-likeness (QED) is 0.0870. The van der Waals surface area contributed by atoms with Crippen LogP contribution in [0.15, 0.2) is 18.2 Å². The molecule has 4 atom stereocenters. The lowest BCUT2D eigenvalue weighted by atomic mass is 9.80. The Labute approximate surface area is 309 Å². The predicted molar refractivity (Wildman–Crippen MR) is 195 cm³/mol. The summed E-state index contributed by atoms with van der Waals surface area (Å²) in [7, 11) is 3.25. The van der Waals surface area contributed by atoms with Crippen molar-refractivity contribution in [1.82, 2.24) is 10.2 Å². The number of hydrogen-bond donors (Lipinski definition) is 2. The number of primary amides is 1. The molecule has 1 aromatic rings. The highest BCUT2D eigenvalue weighted by Gasteiger charge is 2.43. The highest BCUT2D eigenvalue weighted by atomic mass is 16.8. The van der Waals surface area contributed by atoms with Gasteiger partial charge in [0.25, 0.3) is 0 Å². The molecule has 1 saturated heterocycles. The van der Waals surface area contributed by atoms with E-state index in [4.69, 9.17) is 38.9 Å². The average molecular weight is 738 g/mol. The van der Waals surface area contributed by atoms with Gasteiger partial charge in [0.2, 0.25) is 18.6 Å². The number of nitrogens with zero attached hydrogens (tertiary/aromatic N) is 1. The van der Waals surface area contributed by atoms with Crippen molar-refractivity contribution in [1.29, 1.82) is 0 Å². The summed E-state index contributed by atoms with van der Waals surface area (Å²) in [6.45, 7) is 15.9. The molecule has 0 spiro atoms. The summed E-state index contributed by atoms with van der Waals surface area (Å²) in [5.41, 5.74) is 5.65. The smallest absolute Gasteiger partial charge is 0.493 e. The van der Waals surface area contributed by atoms with Crippen LogP contribution < -0.4 is 20.5 Å². The van der Waals surface area contributed by atoms with Gasteiger partial charge in [-0.1, -0.05) is 47.6 Å². The van der Waals surface area contributed by atoms with Crippen molar-refractivity contribution in [3.63, 3.8) is 0 Å². The van der Waals surface area contributed by atoms with Crippen molar-refractivity contribution in [3.05, 3.63) is 23.8 Å². The van der Waals surface area contributed by atoms with E-state index in [9.17, 15) is 19.2 Å². The number of nitrogens with one attached hydrogen (secondary N) is 1. The normalized spacial score (nSPS) is 17.2. The fourth-order valence-electron chi connectivity index (χ4n) is 5.77. The number of ether oxygens (including phenoxy) is 7. The molecule has 1 fully saturated rings. The fourth-order valence-corrected chi connectivity index (χ4v) is 5.77. The second-order valence-electron chi connectivity index (χ2n) is 15.2. The van der Waals surface area contributed by atoms with Crippen LogP contribution in [-0.2, 0) is 39.7 Å². The van der Waals surface area contributed by atoms with Crippen molar-refractivity contribution in [3.8, 4) is 11.5 Å². The maximum atomic E-state index is 13.5. The van der Waals surface area contributed by atoms with Crippen LogP contribution in [0.2, 0.25) is 0 Å². The van der Waals surface area contributed by atoms with E-state index in [0.29, 0.717) is 44.0 Å². The zero-order chi connectivity index (χ0) is 39.0. The van der Waals surface area contributed by atoms with Crippen molar-refractivity contribution < 1.29 is 52.3 Å². The first-order chi connectivity index (χ1) is 24.5. The minimum Gasteiger partial charge on any atom is -0.493 e. The minimum absolute atomic E-state index is 0.0695. The fraction of sp³-hybridized carbons (Fsp3) is 0.737. The summed E-state index contributed by atoms with van der Waals surface area (Å²) in [6.07, 6.45) is 0.103. The Kier molecular flexibility index (Phi) is 18.5. The number of rotatable bonds is 22. The van der Waals surface area contributed by atoms with Crippen molar-refractivity contribution in [2.45, 2.75) is 93.2 Å². The molecule has 14 nitrogen and oxygen atoms in total. The topological polar surface area (TPSA) is 174 Å². The van der Waals surface area contributed by atoms with Gasteiger partial charge in [-0.15, -0.1) is 0 Å². The highest BCUT2D eigenvalue weighted by Crippen LogP contribution is 2.36. The number of carbonyl (C=O) groups excluding carboxylic acids is 4. The standard InChI is InChI=1S/C38H63N3O11/c1-24(2)20-49-37(45)52-23-51-36(44)41-22-50-32(19-29(26(5)6)34(42)40-21-38(7,8)35(39)43)30(41)18-28(25(3)4)16-27-12-13-31(47-10)33(17-27)48-15-11-14-46-9/h12-13,17,24-26,28-30,32H,11,14-16,18-23H2,1-10H3,(H2,39,43)(H,40,42)/t28-,29-,30-,32-/m0/s1. The van der Waals surface area contributed by atoms with Crippen molar-refractivity contribution >= 4 is 24.1 Å². The van der Waals surface area contributed by atoms with Crippen LogP contribution in [0.4, 0.5) is 9.59 Å². The Balaban J connectivity index is 2.33. The Hall–Kier alpha value is -3.78. The zero-order valence-electron chi connectivity index (χ0n) is 32.9. The van der Waals surface area contributed by atoms with Crippen molar-refractivity contribution in [2.75, 3.05) is 54.1 Å². The Morgan fingerprint density at radius 3 is 2.27 bits per heavy atom. The predicted octanol–water partition coefficient (Wildman–Crippen LogP) is 5.54. The van der Waals surface area contributed by atoms with Gasteiger partial charge >= 0.3 is 12.2 Å². The van der Waals surface area contributed by atoms with Gasteiger partial charge in [0.15, 0.2) is 11.5 Å². The van der Waals surface area contributed by atoms with Gasteiger partial charge in [-0.3, -0.25) is 14.5 Å². The molecule has 0 aromatic heterocycles. The van der Waals surface area contributed by atoms with Crippen LogP contribution in [0.3, 0.4) is 0 Å². The van der Waals surface area contributed by atoms with Crippen LogP contribution in [-0.4, -0.2) is 95.2 Å². The average Bonchev–Trinajstić information content (AvgIpc) is 3.48. The van der Waals surface area contributed by atoms with Crippen LogP contribution in [0, 0.1) is 35.0 Å². The molecule has 52 heavy (non-hydrogen) atoms. The zero-order valence-corrected chi connectivity index (χ0v) is 32.9. The highest BCUT2D eigenvalue weighted by molar-refractivity contribution is 5.83. The maximum absolute atomic E-state index is 13.5. The van der Waals surface area contributed by atoms with E-state index >= 15 is 0 Å². The Bertz CT molecular complexity index is 1290. The molecule has 1 aliphatic rings. The van der Waals surface area contributed by atoms with E-state index in [1.807, 2.05) is 45.9 Å². The summed E-state index contributed by atoms with van der Waals surface area (Å²) in [5, 5.41) is 2.90. The molecule has 2 rings (SSSR count). The van der Waals surface area contributed by atoms with Gasteiger partial charge in [-0.2, -0.15) is 0 Å². The molecule has 0 unspecified atom stereocenters. The second-order valence-corrected chi connectivity index (χ2v) is 15.2. The Morgan fingerprint density at radius 2 is 1.67 bits per heavy atom. The summed E-state index contributed by atoms with van der Waals surface area (Å²) in [5.74, 6) is 0.371. The first-order valence-electron chi connectivity index (χ1n) is 18.2. The third kappa shape index (κ3) is 14.3. The monoisotopic (exact) mass is 737 g/mol. The molecule has 1 heterocycles. The summed E-state index contributed by atoms with van der Waals surface area (Å²) >= 11 is 0. The number of methoxy groups -OCH3 is 2. The van der Waals surface area contributed by atoms with E-state index in [2.05, 4.69) is 19.2 Å². The van der Waals surface area contributed by atoms with E-state index in [1.165, 1.54) is 4.90 Å². The maximum Gasteiger partial charge on any atom is 0.511 e. The van der Waals surface area contributed by atoms with Gasteiger partial charge in [0.05, 0.1) is 37.9 Å². The molecule has 0 aliphatic carbocycles. The molecule has 296 valence electrons. The number of nitrogens with two attached hydrogens (primary N) is 1. The third-order valence-electron chi connectivity index (χ3n) is 9.35. The SMILES string of the molecule is COCCCOc1cc(C[C@@H](C[C@H]2[C@H](C[C@H](C(=O)NCC(C)(C)C(N)=O)C(C)C)OCN2C(=O)OCOC(=O)OCC(C)C)C(C)C)ccc1OC. The molecule has 3 amide bonds. The van der Waals surface area contributed by atoms with E-state index < -0.39 is 48.4 Å². The van der Waals surface area contributed by atoms with E-state index in [0.717, 1.165) is 12.0 Å². The van der Waals surface area contributed by atoms with Gasteiger partial charge in [-0.25, -0.2) is 9.59 Å². The third-order valence-corrected chi connectivity index (χ3v) is 9.35. The van der Waals surface area contributed by atoms with Gasteiger partial charge in [0, 0.05) is 32.6 Å². The number of amides is 3. The molecule has 1 aliphatic heterocycles. The largest absolute Gasteiger partial charge is 0.511 e. The Morgan fingerprint density at radius 1 is 0.962 bits per heavy atom. The van der Waals surface area contributed by atoms with E-state index in [-0.39, 0.29) is 49.5 Å². The van der Waals surface area contributed by atoms with E-state index in [1.54, 1.807) is 28.1 Å². The minimum atomic E-state index is -0.930. The van der Waals surface area contributed by atoms with Crippen LogP contribution >= 0.6 is 0 Å². The molecular formula is C38H63N3O11. The molecule has 0 bridgehead atoms. The van der Waals surface area contributed by atoms with Crippen molar-refractivity contribution in [2.24, 2.45) is 40.7 Å².